The highest BCUT2D eigenvalue weighted by atomic mass is 32.2. The number of aryl methyl sites for hydroxylation is 1. The fourth-order valence-corrected chi connectivity index (χ4v) is 5.52. The lowest BCUT2D eigenvalue weighted by molar-refractivity contribution is -0.0307. The lowest BCUT2D eigenvalue weighted by Crippen LogP contribution is -2.42. The molecule has 136 valence electrons. The molecule has 2 aliphatic rings. The summed E-state index contributed by atoms with van der Waals surface area (Å²) in [5.41, 5.74) is 1.33. The number of hydrogen-bond acceptors (Lipinski definition) is 5. The van der Waals surface area contributed by atoms with Crippen molar-refractivity contribution in [2.24, 2.45) is 0 Å². The van der Waals surface area contributed by atoms with Crippen LogP contribution in [0.15, 0.2) is 4.90 Å². The highest BCUT2D eigenvalue weighted by Crippen LogP contribution is 2.26. The van der Waals surface area contributed by atoms with Gasteiger partial charge in [-0.1, -0.05) is 6.42 Å². The summed E-state index contributed by atoms with van der Waals surface area (Å²) >= 11 is 0. The average Bonchev–Trinajstić information content (AvgIpc) is 2.82. The fraction of sp³-hybridized carbons (Fsp3) is 0.812. The van der Waals surface area contributed by atoms with Gasteiger partial charge in [0.15, 0.2) is 0 Å². The molecule has 3 rings (SSSR count). The van der Waals surface area contributed by atoms with Crippen LogP contribution in [0.5, 0.6) is 0 Å². The second kappa shape index (κ2) is 7.11. The Morgan fingerprint density at radius 3 is 2.54 bits per heavy atom. The molecule has 1 aromatic rings. The maximum absolute atomic E-state index is 13.0. The predicted molar refractivity (Wildman–Crippen MR) is 91.3 cm³/mol. The molecule has 2 saturated heterocycles. The molecule has 24 heavy (non-hydrogen) atoms. The first-order valence-electron chi connectivity index (χ1n) is 8.77. The fourth-order valence-electron chi connectivity index (χ4n) is 3.63. The van der Waals surface area contributed by atoms with Gasteiger partial charge in [0.2, 0.25) is 10.0 Å². The molecule has 0 aliphatic carbocycles. The molecule has 0 aromatic carbocycles. The van der Waals surface area contributed by atoms with Gasteiger partial charge >= 0.3 is 0 Å². The number of rotatable bonds is 4. The highest BCUT2D eigenvalue weighted by molar-refractivity contribution is 7.89. The third kappa shape index (κ3) is 3.51. The minimum atomic E-state index is -3.45. The van der Waals surface area contributed by atoms with Crippen LogP contribution < -0.4 is 0 Å². The number of nitrogens with zero attached hydrogens (tertiary/aromatic N) is 4. The second-order valence-electron chi connectivity index (χ2n) is 6.86. The zero-order valence-corrected chi connectivity index (χ0v) is 15.7. The van der Waals surface area contributed by atoms with E-state index in [4.69, 9.17) is 4.74 Å². The lowest BCUT2D eigenvalue weighted by Gasteiger charge is -2.31. The molecule has 3 heterocycles. The van der Waals surface area contributed by atoms with Crippen molar-refractivity contribution in [2.45, 2.75) is 57.7 Å². The van der Waals surface area contributed by atoms with Crippen LogP contribution in [0.25, 0.3) is 0 Å². The Morgan fingerprint density at radius 1 is 1.17 bits per heavy atom. The van der Waals surface area contributed by atoms with E-state index in [1.54, 1.807) is 11.2 Å². The van der Waals surface area contributed by atoms with Gasteiger partial charge in [-0.05, 0) is 33.6 Å². The quantitative estimate of drug-likeness (QED) is 0.815. The minimum Gasteiger partial charge on any atom is -0.376 e. The van der Waals surface area contributed by atoms with E-state index < -0.39 is 10.0 Å². The third-order valence-electron chi connectivity index (χ3n) is 4.89. The van der Waals surface area contributed by atoms with Gasteiger partial charge in [-0.3, -0.25) is 9.58 Å². The smallest absolute Gasteiger partial charge is 0.246 e. The van der Waals surface area contributed by atoms with Crippen molar-refractivity contribution in [3.8, 4) is 0 Å². The van der Waals surface area contributed by atoms with Crippen LogP contribution in [0.4, 0.5) is 0 Å². The molecule has 8 heteroatoms. The van der Waals surface area contributed by atoms with Gasteiger partial charge < -0.3 is 4.74 Å². The Hall–Kier alpha value is -0.960. The molecule has 0 N–H and O–H groups in total. The van der Waals surface area contributed by atoms with E-state index in [-0.39, 0.29) is 6.10 Å². The van der Waals surface area contributed by atoms with Gasteiger partial charge in [0.1, 0.15) is 4.90 Å². The van der Waals surface area contributed by atoms with Crippen molar-refractivity contribution >= 4 is 10.0 Å². The third-order valence-corrected chi connectivity index (χ3v) is 7.04. The van der Waals surface area contributed by atoms with Gasteiger partial charge in [0.05, 0.1) is 30.8 Å². The average molecular weight is 356 g/mol. The Labute approximate surface area is 144 Å². The summed E-state index contributed by atoms with van der Waals surface area (Å²) < 4.78 is 35.1. The van der Waals surface area contributed by atoms with E-state index in [2.05, 4.69) is 16.9 Å². The van der Waals surface area contributed by atoms with Gasteiger partial charge in [-0.15, -0.1) is 0 Å². The first-order valence-corrected chi connectivity index (χ1v) is 10.2. The number of ether oxygens (including phenoxy) is 1. The standard InChI is InChI=1S/C16H28N4O3S/c1-13-11-18(9-10-23-13)12-20-15(3)16(14(2)17-20)24(21,22)19-7-5-4-6-8-19/h13H,4-12H2,1-3H3. The van der Waals surface area contributed by atoms with Crippen molar-refractivity contribution in [2.75, 3.05) is 32.8 Å². The van der Waals surface area contributed by atoms with Crippen molar-refractivity contribution in [1.29, 1.82) is 0 Å². The summed E-state index contributed by atoms with van der Waals surface area (Å²) in [5, 5.41) is 4.52. The Balaban J connectivity index is 1.83. The highest BCUT2D eigenvalue weighted by Gasteiger charge is 2.32. The molecular formula is C16H28N4O3S. The summed E-state index contributed by atoms with van der Waals surface area (Å²) in [6.07, 6.45) is 3.19. The molecule has 2 fully saturated rings. The molecule has 7 nitrogen and oxygen atoms in total. The first-order chi connectivity index (χ1) is 11.4. The molecule has 2 aliphatic heterocycles. The van der Waals surface area contributed by atoms with E-state index in [9.17, 15) is 8.42 Å². The lowest BCUT2D eigenvalue weighted by atomic mass is 10.2. The molecule has 1 atom stereocenters. The van der Waals surface area contributed by atoms with Crippen molar-refractivity contribution in [3.63, 3.8) is 0 Å². The van der Waals surface area contributed by atoms with E-state index in [0.29, 0.717) is 37.0 Å². The Morgan fingerprint density at radius 2 is 1.88 bits per heavy atom. The normalized spacial score (nSPS) is 24.4. The maximum Gasteiger partial charge on any atom is 0.246 e. The van der Waals surface area contributed by atoms with E-state index >= 15 is 0 Å². The van der Waals surface area contributed by atoms with Crippen molar-refractivity contribution in [1.82, 2.24) is 19.0 Å². The molecular weight excluding hydrogens is 328 g/mol. The maximum atomic E-state index is 13.0. The van der Waals surface area contributed by atoms with Crippen LogP contribution in [0.3, 0.4) is 0 Å². The van der Waals surface area contributed by atoms with E-state index in [1.165, 1.54) is 0 Å². The number of piperidine rings is 1. The largest absolute Gasteiger partial charge is 0.376 e. The molecule has 0 radical (unpaired) electrons. The summed E-state index contributed by atoms with van der Waals surface area (Å²) in [7, 11) is -3.45. The monoisotopic (exact) mass is 356 g/mol. The van der Waals surface area contributed by atoms with Crippen LogP contribution in [0, 0.1) is 13.8 Å². The summed E-state index contributed by atoms with van der Waals surface area (Å²) in [5.74, 6) is 0. The zero-order chi connectivity index (χ0) is 17.3. The van der Waals surface area contributed by atoms with Gasteiger partial charge in [0.25, 0.3) is 0 Å². The zero-order valence-electron chi connectivity index (χ0n) is 14.9. The first kappa shape index (κ1) is 17.8. The topological polar surface area (TPSA) is 67.7 Å². The molecule has 0 bridgehead atoms. The number of hydrogen-bond donors (Lipinski definition) is 0. The summed E-state index contributed by atoms with van der Waals surface area (Å²) in [4.78, 5) is 2.65. The Kier molecular flexibility index (Phi) is 5.29. The van der Waals surface area contributed by atoms with Crippen LogP contribution in [0.1, 0.15) is 37.6 Å². The van der Waals surface area contributed by atoms with Crippen molar-refractivity contribution < 1.29 is 13.2 Å². The minimum absolute atomic E-state index is 0.201. The number of sulfonamides is 1. The van der Waals surface area contributed by atoms with Crippen LogP contribution in [-0.2, 0) is 21.4 Å². The SMILES string of the molecule is Cc1nn(CN2CCOC(C)C2)c(C)c1S(=O)(=O)N1CCCCC1. The van der Waals surface area contributed by atoms with Crippen LogP contribution >= 0.6 is 0 Å². The van der Waals surface area contributed by atoms with Crippen LogP contribution in [-0.4, -0.2) is 66.3 Å². The van der Waals surface area contributed by atoms with Crippen molar-refractivity contribution in [3.05, 3.63) is 11.4 Å². The number of aromatic nitrogens is 2. The molecule has 0 spiro atoms. The number of morpholine rings is 1. The molecule has 1 aromatic heterocycles. The summed E-state index contributed by atoms with van der Waals surface area (Å²) in [6, 6.07) is 0. The van der Waals surface area contributed by atoms with E-state index in [0.717, 1.165) is 38.0 Å². The molecule has 0 saturated carbocycles. The van der Waals surface area contributed by atoms with Gasteiger partial charge in [-0.2, -0.15) is 9.40 Å². The van der Waals surface area contributed by atoms with Crippen LogP contribution in [0.2, 0.25) is 0 Å². The Bertz CT molecular complexity index is 680. The van der Waals surface area contributed by atoms with Gasteiger partial charge in [-0.25, -0.2) is 8.42 Å². The van der Waals surface area contributed by atoms with Gasteiger partial charge in [0, 0.05) is 26.2 Å². The molecule has 0 amide bonds. The molecule has 1 unspecified atom stereocenters. The second-order valence-corrected chi connectivity index (χ2v) is 8.74. The van der Waals surface area contributed by atoms with E-state index in [1.807, 2.05) is 11.6 Å². The predicted octanol–water partition coefficient (Wildman–Crippen LogP) is 1.35. The summed E-state index contributed by atoms with van der Waals surface area (Å²) in [6.45, 7) is 9.95.